The molecule has 0 saturated heterocycles. The number of carbonyl (C=O) groups excluding carboxylic acids is 1. The van der Waals surface area contributed by atoms with Gasteiger partial charge in [-0.3, -0.25) is 4.79 Å². The summed E-state index contributed by atoms with van der Waals surface area (Å²) >= 11 is 0. The van der Waals surface area contributed by atoms with Gasteiger partial charge in [0, 0.05) is 11.8 Å². The minimum atomic E-state index is -0.173. The van der Waals surface area contributed by atoms with Gasteiger partial charge >= 0.3 is 0 Å². The molecule has 0 aliphatic heterocycles. The maximum atomic E-state index is 12.2. The first-order valence-corrected chi connectivity index (χ1v) is 8.03. The third kappa shape index (κ3) is 4.64. The van der Waals surface area contributed by atoms with Crippen LogP contribution < -0.4 is 5.32 Å². The molecule has 3 aromatic rings. The molecule has 1 heterocycles. The molecule has 1 aromatic heterocycles. The van der Waals surface area contributed by atoms with Crippen LogP contribution >= 0.6 is 0 Å². The second kappa shape index (κ2) is 7.57. The van der Waals surface area contributed by atoms with Gasteiger partial charge in [0.1, 0.15) is 0 Å². The van der Waals surface area contributed by atoms with E-state index in [1.54, 1.807) is 6.08 Å². The van der Waals surface area contributed by atoms with Crippen molar-refractivity contribution in [3.8, 4) is 0 Å². The molecule has 25 heavy (non-hydrogen) atoms. The normalized spacial score (nSPS) is 11.0. The average Bonchev–Trinajstić information content (AvgIpc) is 3.04. The molecular weight excluding hydrogens is 314 g/mol. The zero-order valence-corrected chi connectivity index (χ0v) is 14.2. The summed E-state index contributed by atoms with van der Waals surface area (Å²) in [6, 6.07) is 15.7. The first-order valence-electron chi connectivity index (χ1n) is 8.03. The predicted molar refractivity (Wildman–Crippen MR) is 97.9 cm³/mol. The van der Waals surface area contributed by atoms with Gasteiger partial charge in [-0.05, 0) is 42.7 Å². The van der Waals surface area contributed by atoms with E-state index in [1.807, 2.05) is 68.5 Å². The Morgan fingerprint density at radius 3 is 2.72 bits per heavy atom. The highest BCUT2D eigenvalue weighted by atomic mass is 16.5. The van der Waals surface area contributed by atoms with Crippen molar-refractivity contribution in [1.82, 2.24) is 10.1 Å². The van der Waals surface area contributed by atoms with E-state index in [2.05, 4.69) is 15.5 Å². The van der Waals surface area contributed by atoms with Crippen LogP contribution in [0.3, 0.4) is 0 Å². The fraction of sp³-hybridized carbons (Fsp3) is 0.150. The zero-order chi connectivity index (χ0) is 17.6. The lowest BCUT2D eigenvalue weighted by Crippen LogP contribution is -2.16. The molecule has 5 heteroatoms. The summed E-state index contributed by atoms with van der Waals surface area (Å²) in [5.41, 5.74) is 3.94. The van der Waals surface area contributed by atoms with E-state index >= 15 is 0 Å². The number of aromatic nitrogens is 2. The van der Waals surface area contributed by atoms with Crippen molar-refractivity contribution in [2.45, 2.75) is 20.3 Å². The van der Waals surface area contributed by atoms with E-state index in [0.717, 1.165) is 22.4 Å². The van der Waals surface area contributed by atoms with Crippen molar-refractivity contribution >= 4 is 23.7 Å². The molecule has 5 nitrogen and oxygen atoms in total. The van der Waals surface area contributed by atoms with Crippen LogP contribution in [0.15, 0.2) is 53.1 Å². The number of aryl methyl sites for hydroxylation is 2. The highest BCUT2D eigenvalue weighted by Gasteiger charge is 2.11. The lowest BCUT2D eigenvalue weighted by atomic mass is 10.1. The van der Waals surface area contributed by atoms with Gasteiger partial charge in [-0.25, -0.2) is 0 Å². The molecular formula is C20H19N3O2. The van der Waals surface area contributed by atoms with Crippen molar-refractivity contribution in [2.75, 3.05) is 5.32 Å². The summed E-state index contributed by atoms with van der Waals surface area (Å²) in [5.74, 6) is 0.557. The average molecular weight is 333 g/mol. The van der Waals surface area contributed by atoms with Gasteiger partial charge < -0.3 is 9.84 Å². The molecule has 0 atom stereocenters. The number of benzene rings is 2. The van der Waals surface area contributed by atoms with E-state index in [1.165, 1.54) is 0 Å². The SMILES string of the molecule is Cc1ccc(C)c(NC(=O)Cc2noc(/C=C/c3ccccc3)n2)c1. The second-order valence-electron chi connectivity index (χ2n) is 5.84. The molecule has 0 bridgehead atoms. The summed E-state index contributed by atoms with van der Waals surface area (Å²) in [7, 11) is 0. The second-order valence-corrected chi connectivity index (χ2v) is 5.84. The molecule has 0 aliphatic rings. The Bertz CT molecular complexity index is 898. The van der Waals surface area contributed by atoms with Crippen LogP contribution in [0.1, 0.15) is 28.4 Å². The molecule has 126 valence electrons. The van der Waals surface area contributed by atoms with Gasteiger partial charge in [-0.15, -0.1) is 0 Å². The van der Waals surface area contributed by atoms with Crippen molar-refractivity contribution in [2.24, 2.45) is 0 Å². The summed E-state index contributed by atoms with van der Waals surface area (Å²) in [5, 5.41) is 6.74. The van der Waals surface area contributed by atoms with E-state index in [4.69, 9.17) is 4.52 Å². The van der Waals surface area contributed by atoms with E-state index in [-0.39, 0.29) is 12.3 Å². The summed E-state index contributed by atoms with van der Waals surface area (Å²) in [6.45, 7) is 3.94. The summed E-state index contributed by atoms with van der Waals surface area (Å²) in [4.78, 5) is 16.4. The van der Waals surface area contributed by atoms with Gasteiger partial charge in [-0.1, -0.05) is 47.6 Å². The smallest absolute Gasteiger partial charge is 0.250 e. The van der Waals surface area contributed by atoms with Crippen molar-refractivity contribution in [3.63, 3.8) is 0 Å². The number of hydrogen-bond acceptors (Lipinski definition) is 4. The lowest BCUT2D eigenvalue weighted by molar-refractivity contribution is -0.115. The number of carbonyl (C=O) groups is 1. The highest BCUT2D eigenvalue weighted by molar-refractivity contribution is 5.92. The zero-order valence-electron chi connectivity index (χ0n) is 14.2. The quantitative estimate of drug-likeness (QED) is 0.765. The fourth-order valence-corrected chi connectivity index (χ4v) is 2.35. The largest absolute Gasteiger partial charge is 0.335 e. The maximum Gasteiger partial charge on any atom is 0.250 e. The fourth-order valence-electron chi connectivity index (χ4n) is 2.35. The van der Waals surface area contributed by atoms with Crippen LogP contribution in [0.25, 0.3) is 12.2 Å². The number of nitrogens with one attached hydrogen (secondary N) is 1. The Morgan fingerprint density at radius 1 is 1.12 bits per heavy atom. The van der Waals surface area contributed by atoms with Gasteiger partial charge in [0.15, 0.2) is 5.82 Å². The molecule has 0 aliphatic carbocycles. The standard InChI is InChI=1S/C20H19N3O2/c1-14-8-9-15(2)17(12-14)21-19(24)13-18-22-20(25-23-18)11-10-16-6-4-3-5-7-16/h3-12H,13H2,1-2H3,(H,21,24)/b11-10+. The molecule has 0 radical (unpaired) electrons. The van der Waals surface area contributed by atoms with Crippen LogP contribution in [0.5, 0.6) is 0 Å². The van der Waals surface area contributed by atoms with Crippen molar-refractivity contribution < 1.29 is 9.32 Å². The van der Waals surface area contributed by atoms with Gasteiger partial charge in [0.05, 0.1) is 6.42 Å². The van der Waals surface area contributed by atoms with Crippen LogP contribution in [0, 0.1) is 13.8 Å². The molecule has 0 saturated carbocycles. The minimum Gasteiger partial charge on any atom is -0.335 e. The summed E-state index contributed by atoms with van der Waals surface area (Å²) in [6.07, 6.45) is 3.68. The molecule has 0 unspecified atom stereocenters. The topological polar surface area (TPSA) is 68.0 Å². The molecule has 1 amide bonds. The number of nitrogens with zero attached hydrogens (tertiary/aromatic N) is 2. The van der Waals surface area contributed by atoms with Crippen LogP contribution in [-0.2, 0) is 11.2 Å². The lowest BCUT2D eigenvalue weighted by Gasteiger charge is -2.08. The number of hydrogen-bond donors (Lipinski definition) is 1. The first kappa shape index (κ1) is 16.6. The Morgan fingerprint density at radius 2 is 1.92 bits per heavy atom. The molecule has 3 rings (SSSR count). The molecule has 0 spiro atoms. The molecule has 0 fully saturated rings. The predicted octanol–water partition coefficient (Wildman–Crippen LogP) is 4.04. The van der Waals surface area contributed by atoms with Crippen LogP contribution in [0.4, 0.5) is 5.69 Å². The van der Waals surface area contributed by atoms with Gasteiger partial charge in [0.2, 0.25) is 5.91 Å². The van der Waals surface area contributed by atoms with E-state index in [0.29, 0.717) is 11.7 Å². The molecule has 1 N–H and O–H groups in total. The third-order valence-corrected chi connectivity index (χ3v) is 3.69. The van der Waals surface area contributed by atoms with Crippen molar-refractivity contribution in [1.29, 1.82) is 0 Å². The Kier molecular flexibility index (Phi) is 5.04. The number of anilines is 1. The Labute approximate surface area is 146 Å². The number of rotatable bonds is 5. The van der Waals surface area contributed by atoms with Crippen molar-refractivity contribution in [3.05, 3.63) is 76.9 Å². The summed E-state index contributed by atoms with van der Waals surface area (Å²) < 4.78 is 5.15. The molecule has 2 aromatic carbocycles. The van der Waals surface area contributed by atoms with E-state index < -0.39 is 0 Å². The monoisotopic (exact) mass is 333 g/mol. The maximum absolute atomic E-state index is 12.2. The van der Waals surface area contributed by atoms with E-state index in [9.17, 15) is 4.79 Å². The third-order valence-electron chi connectivity index (χ3n) is 3.69. The van der Waals surface area contributed by atoms with Gasteiger partial charge in [0.25, 0.3) is 5.89 Å². The Balaban J connectivity index is 1.62. The van der Waals surface area contributed by atoms with Gasteiger partial charge in [-0.2, -0.15) is 4.98 Å². The minimum absolute atomic E-state index is 0.0655. The highest BCUT2D eigenvalue weighted by Crippen LogP contribution is 2.16. The van der Waals surface area contributed by atoms with Crippen LogP contribution in [-0.4, -0.2) is 16.0 Å². The number of amides is 1. The Hall–Kier alpha value is -3.21. The van der Waals surface area contributed by atoms with Crippen LogP contribution in [0.2, 0.25) is 0 Å². The first-order chi connectivity index (χ1) is 12.1.